The number of carbonyl (C=O) groups is 1. The number of carbonyl (C=O) groups excluding carboxylic acids is 1. The topological polar surface area (TPSA) is 20.3 Å². The summed E-state index contributed by atoms with van der Waals surface area (Å²) in [6, 6.07) is 5.07. The van der Waals surface area contributed by atoms with E-state index in [4.69, 9.17) is 11.6 Å². The molecule has 5 heteroatoms. The van der Waals surface area contributed by atoms with Crippen molar-refractivity contribution in [1.82, 2.24) is 4.90 Å². The summed E-state index contributed by atoms with van der Waals surface area (Å²) >= 11 is 9.39. The van der Waals surface area contributed by atoms with Crippen LogP contribution >= 0.6 is 27.5 Å². The van der Waals surface area contributed by atoms with Gasteiger partial charge in [0.05, 0.1) is 10.6 Å². The molecule has 102 valence electrons. The molecule has 2 heterocycles. The third-order valence-corrected chi connectivity index (χ3v) is 5.13. The van der Waals surface area contributed by atoms with Gasteiger partial charge in [-0.1, -0.05) is 33.6 Å². The van der Waals surface area contributed by atoms with Crippen molar-refractivity contribution in [2.75, 3.05) is 0 Å². The Morgan fingerprint density at radius 1 is 1.32 bits per heavy atom. The summed E-state index contributed by atoms with van der Waals surface area (Å²) in [7, 11) is 0. The van der Waals surface area contributed by atoms with Gasteiger partial charge in [-0.3, -0.25) is 4.79 Å². The number of nitrogens with zero attached hydrogens (tertiary/aromatic N) is 1. The van der Waals surface area contributed by atoms with Gasteiger partial charge in [0, 0.05) is 16.9 Å². The summed E-state index contributed by atoms with van der Waals surface area (Å²) in [6.45, 7) is 0. The van der Waals surface area contributed by atoms with Crippen LogP contribution in [-0.2, 0) is 0 Å². The Bertz CT molecular complexity index is 510. The van der Waals surface area contributed by atoms with E-state index in [0.717, 1.165) is 25.7 Å². The molecule has 0 spiro atoms. The fraction of sp³-hybridized carbons (Fsp3) is 0.500. The van der Waals surface area contributed by atoms with E-state index < -0.39 is 5.82 Å². The minimum absolute atomic E-state index is 0.00794. The highest BCUT2D eigenvalue weighted by atomic mass is 79.9. The average molecular weight is 347 g/mol. The summed E-state index contributed by atoms with van der Waals surface area (Å²) in [5.74, 6) is -0.818. The Labute approximate surface area is 125 Å². The predicted molar refractivity (Wildman–Crippen MR) is 76.3 cm³/mol. The normalized spacial score (nSPS) is 29.6. The maximum absolute atomic E-state index is 14.0. The summed E-state index contributed by atoms with van der Waals surface area (Å²) in [5, 5.41) is 0.00794. The number of hydrogen-bond donors (Lipinski definition) is 0. The van der Waals surface area contributed by atoms with Crippen LogP contribution in [0.4, 0.5) is 4.39 Å². The first-order chi connectivity index (χ1) is 9.08. The van der Waals surface area contributed by atoms with Crippen molar-refractivity contribution in [3.05, 3.63) is 34.6 Å². The number of rotatable bonds is 1. The lowest BCUT2D eigenvalue weighted by Crippen LogP contribution is -2.47. The number of alkyl halides is 1. The monoisotopic (exact) mass is 345 g/mol. The smallest absolute Gasteiger partial charge is 0.257 e. The molecule has 2 nitrogen and oxygen atoms in total. The van der Waals surface area contributed by atoms with E-state index in [2.05, 4.69) is 15.9 Å². The molecule has 0 radical (unpaired) electrons. The molecule has 2 saturated heterocycles. The molecule has 2 bridgehead atoms. The molecule has 1 aromatic rings. The van der Waals surface area contributed by atoms with Crippen molar-refractivity contribution in [1.29, 1.82) is 0 Å². The van der Waals surface area contributed by atoms with Gasteiger partial charge in [0.2, 0.25) is 0 Å². The van der Waals surface area contributed by atoms with Gasteiger partial charge in [0.25, 0.3) is 5.91 Å². The number of benzene rings is 1. The Kier molecular flexibility index (Phi) is 3.56. The molecular weight excluding hydrogens is 333 g/mol. The van der Waals surface area contributed by atoms with Crippen LogP contribution in [0.3, 0.4) is 0 Å². The second kappa shape index (κ2) is 5.06. The molecule has 2 aliphatic rings. The molecule has 2 aliphatic heterocycles. The van der Waals surface area contributed by atoms with E-state index in [1.165, 1.54) is 12.1 Å². The van der Waals surface area contributed by atoms with Gasteiger partial charge in [-0.15, -0.1) is 0 Å². The lowest BCUT2D eigenvalue weighted by Gasteiger charge is -2.37. The lowest BCUT2D eigenvalue weighted by atomic mass is 10.0. The van der Waals surface area contributed by atoms with Crippen molar-refractivity contribution in [2.24, 2.45) is 0 Å². The highest BCUT2D eigenvalue weighted by Crippen LogP contribution is 2.39. The zero-order chi connectivity index (χ0) is 13.6. The average Bonchev–Trinajstić information content (AvgIpc) is 2.64. The molecule has 0 aliphatic carbocycles. The first-order valence-corrected chi connectivity index (χ1v) is 7.78. The minimum atomic E-state index is -0.602. The number of hydrogen-bond acceptors (Lipinski definition) is 1. The third-order valence-electron chi connectivity index (χ3n) is 4.09. The van der Waals surface area contributed by atoms with Gasteiger partial charge in [0.15, 0.2) is 5.82 Å². The van der Waals surface area contributed by atoms with Crippen molar-refractivity contribution in [2.45, 2.75) is 42.6 Å². The van der Waals surface area contributed by atoms with Crippen molar-refractivity contribution < 1.29 is 9.18 Å². The molecule has 3 rings (SSSR count). The number of piperidine rings is 1. The number of halogens is 3. The van der Waals surface area contributed by atoms with Crippen LogP contribution in [0.2, 0.25) is 5.02 Å². The summed E-state index contributed by atoms with van der Waals surface area (Å²) in [5.41, 5.74) is 0.0948. The molecule has 2 fully saturated rings. The molecule has 0 N–H and O–H groups in total. The third kappa shape index (κ3) is 2.29. The first kappa shape index (κ1) is 13.4. The quantitative estimate of drug-likeness (QED) is 0.704. The second-order valence-electron chi connectivity index (χ2n) is 5.27. The Morgan fingerprint density at radius 2 is 1.95 bits per heavy atom. The van der Waals surface area contributed by atoms with Crippen LogP contribution in [0.25, 0.3) is 0 Å². The minimum Gasteiger partial charge on any atom is -0.333 e. The van der Waals surface area contributed by atoms with Crippen LogP contribution in [0, 0.1) is 5.82 Å². The fourth-order valence-corrected chi connectivity index (χ4v) is 4.29. The zero-order valence-corrected chi connectivity index (χ0v) is 12.6. The maximum Gasteiger partial charge on any atom is 0.257 e. The summed E-state index contributed by atoms with van der Waals surface area (Å²) < 4.78 is 14.0. The highest BCUT2D eigenvalue weighted by molar-refractivity contribution is 9.09. The van der Waals surface area contributed by atoms with E-state index in [-0.39, 0.29) is 28.6 Å². The van der Waals surface area contributed by atoms with E-state index >= 15 is 0 Å². The largest absolute Gasteiger partial charge is 0.333 e. The van der Waals surface area contributed by atoms with Crippen molar-refractivity contribution in [3.8, 4) is 0 Å². The molecule has 2 atom stereocenters. The molecule has 0 aromatic heterocycles. The van der Waals surface area contributed by atoms with Crippen LogP contribution in [0.5, 0.6) is 0 Å². The Hall–Kier alpha value is -0.610. The number of fused-ring (bicyclic) bond motifs is 2. The van der Waals surface area contributed by atoms with Gasteiger partial charge >= 0.3 is 0 Å². The van der Waals surface area contributed by atoms with E-state index in [1.54, 1.807) is 6.07 Å². The predicted octanol–water partition coefficient (Wildman–Crippen LogP) is 4.01. The van der Waals surface area contributed by atoms with Crippen molar-refractivity contribution in [3.63, 3.8) is 0 Å². The molecule has 2 unspecified atom stereocenters. The molecule has 0 saturated carbocycles. The van der Waals surface area contributed by atoms with Gasteiger partial charge < -0.3 is 4.90 Å². The zero-order valence-electron chi connectivity index (χ0n) is 10.3. The molecule has 19 heavy (non-hydrogen) atoms. The Morgan fingerprint density at radius 3 is 2.58 bits per heavy atom. The highest BCUT2D eigenvalue weighted by Gasteiger charge is 2.43. The van der Waals surface area contributed by atoms with E-state index in [0.29, 0.717) is 4.83 Å². The van der Waals surface area contributed by atoms with Gasteiger partial charge in [0.1, 0.15) is 0 Å². The van der Waals surface area contributed by atoms with E-state index in [1.807, 2.05) is 4.90 Å². The van der Waals surface area contributed by atoms with Gasteiger partial charge in [-0.25, -0.2) is 4.39 Å². The van der Waals surface area contributed by atoms with Crippen LogP contribution in [-0.4, -0.2) is 27.7 Å². The molecule has 1 amide bonds. The van der Waals surface area contributed by atoms with Gasteiger partial charge in [-0.2, -0.15) is 0 Å². The van der Waals surface area contributed by atoms with Crippen LogP contribution in [0.15, 0.2) is 18.2 Å². The lowest BCUT2D eigenvalue weighted by molar-refractivity contribution is 0.0598. The Balaban J connectivity index is 1.91. The summed E-state index contributed by atoms with van der Waals surface area (Å²) in [6.07, 6.45) is 3.93. The van der Waals surface area contributed by atoms with Crippen LogP contribution < -0.4 is 0 Å². The summed E-state index contributed by atoms with van der Waals surface area (Å²) in [4.78, 5) is 14.9. The van der Waals surface area contributed by atoms with Crippen molar-refractivity contribution >= 4 is 33.4 Å². The first-order valence-electron chi connectivity index (χ1n) is 6.48. The molecule has 1 aromatic carbocycles. The maximum atomic E-state index is 14.0. The van der Waals surface area contributed by atoms with Gasteiger partial charge in [-0.05, 0) is 37.8 Å². The SMILES string of the molecule is O=C(c1cccc(Cl)c1F)N1C2CCC1CC(Br)C2. The second-order valence-corrected chi connectivity index (χ2v) is 6.97. The molecular formula is C14H14BrClFNO. The van der Waals surface area contributed by atoms with Crippen LogP contribution in [0.1, 0.15) is 36.0 Å². The van der Waals surface area contributed by atoms with E-state index in [9.17, 15) is 9.18 Å². The standard InChI is InChI=1S/C14H14BrClFNO/c15-8-6-9-4-5-10(7-8)18(9)14(19)11-2-1-3-12(16)13(11)17/h1-3,8-10H,4-7H2. The number of amides is 1. The fourth-order valence-electron chi connectivity index (χ4n) is 3.25.